The molecular formula is C20H21N3O2. The number of benzene rings is 1. The molecule has 1 aliphatic rings. The average Bonchev–Trinajstić information content (AvgIpc) is 3.01. The van der Waals surface area contributed by atoms with Crippen molar-refractivity contribution in [2.45, 2.75) is 25.3 Å². The van der Waals surface area contributed by atoms with Crippen LogP contribution in [0.5, 0.6) is 0 Å². The van der Waals surface area contributed by atoms with Gasteiger partial charge in [-0.15, -0.1) is 0 Å². The molecule has 5 nitrogen and oxygen atoms in total. The fourth-order valence-corrected chi connectivity index (χ4v) is 3.80. The maximum atomic E-state index is 11.1. The second-order valence-electron chi connectivity index (χ2n) is 6.63. The summed E-state index contributed by atoms with van der Waals surface area (Å²) in [6.07, 6.45) is 6.86. The Labute approximate surface area is 146 Å². The van der Waals surface area contributed by atoms with Crippen molar-refractivity contribution in [2.24, 2.45) is 0 Å². The van der Waals surface area contributed by atoms with Crippen LogP contribution in [0.3, 0.4) is 0 Å². The Balaban J connectivity index is 1.65. The largest absolute Gasteiger partial charge is 0.465 e. The molecule has 128 valence electrons. The van der Waals surface area contributed by atoms with Gasteiger partial charge in [-0.2, -0.15) is 0 Å². The summed E-state index contributed by atoms with van der Waals surface area (Å²) >= 11 is 0. The molecule has 1 fully saturated rings. The van der Waals surface area contributed by atoms with Gasteiger partial charge in [0, 0.05) is 49.1 Å². The third kappa shape index (κ3) is 3.09. The molecule has 0 saturated carbocycles. The molecule has 25 heavy (non-hydrogen) atoms. The summed E-state index contributed by atoms with van der Waals surface area (Å²) in [6.45, 7) is 2.05. The van der Waals surface area contributed by atoms with Gasteiger partial charge in [-0.3, -0.25) is 4.98 Å². The van der Waals surface area contributed by atoms with Crippen molar-refractivity contribution in [3.8, 4) is 0 Å². The second-order valence-corrected chi connectivity index (χ2v) is 6.63. The van der Waals surface area contributed by atoms with E-state index in [0.29, 0.717) is 19.0 Å². The van der Waals surface area contributed by atoms with Crippen molar-refractivity contribution in [1.82, 2.24) is 14.5 Å². The molecule has 0 unspecified atom stereocenters. The van der Waals surface area contributed by atoms with Crippen molar-refractivity contribution in [1.29, 1.82) is 0 Å². The van der Waals surface area contributed by atoms with E-state index in [0.717, 1.165) is 19.4 Å². The lowest BCUT2D eigenvalue weighted by atomic mass is 9.89. The van der Waals surface area contributed by atoms with E-state index in [1.165, 1.54) is 26.9 Å². The summed E-state index contributed by atoms with van der Waals surface area (Å²) in [4.78, 5) is 16.7. The van der Waals surface area contributed by atoms with Gasteiger partial charge >= 0.3 is 6.09 Å². The Hall–Kier alpha value is -2.82. The van der Waals surface area contributed by atoms with Crippen LogP contribution in [-0.2, 0) is 6.54 Å². The second kappa shape index (κ2) is 6.59. The Morgan fingerprint density at radius 3 is 2.56 bits per heavy atom. The lowest BCUT2D eigenvalue weighted by molar-refractivity contribution is 0.132. The first-order valence-electron chi connectivity index (χ1n) is 8.67. The normalized spacial score (nSPS) is 15.6. The van der Waals surface area contributed by atoms with Crippen LogP contribution in [0.1, 0.15) is 29.9 Å². The molecule has 3 aromatic rings. The van der Waals surface area contributed by atoms with Crippen LogP contribution in [-0.4, -0.2) is 38.7 Å². The van der Waals surface area contributed by atoms with Crippen LogP contribution < -0.4 is 0 Å². The zero-order valence-electron chi connectivity index (χ0n) is 14.0. The third-order valence-electron chi connectivity index (χ3n) is 5.13. The highest BCUT2D eigenvalue weighted by molar-refractivity contribution is 5.84. The molecule has 1 aromatic carbocycles. The van der Waals surface area contributed by atoms with Crippen molar-refractivity contribution >= 4 is 17.0 Å². The highest BCUT2D eigenvalue weighted by Gasteiger charge is 2.25. The first kappa shape index (κ1) is 15.7. The Bertz CT molecular complexity index is 880. The van der Waals surface area contributed by atoms with Gasteiger partial charge in [0.15, 0.2) is 0 Å². The number of likely N-dealkylation sites (tertiary alicyclic amines) is 1. The van der Waals surface area contributed by atoms with Gasteiger partial charge < -0.3 is 14.6 Å². The number of hydrogen-bond acceptors (Lipinski definition) is 2. The van der Waals surface area contributed by atoms with Crippen LogP contribution in [0.4, 0.5) is 4.79 Å². The summed E-state index contributed by atoms with van der Waals surface area (Å²) in [5.41, 5.74) is 3.80. The molecule has 3 heterocycles. The summed E-state index contributed by atoms with van der Waals surface area (Å²) in [5.74, 6) is 0.416. The Morgan fingerprint density at radius 2 is 1.84 bits per heavy atom. The standard InChI is InChI=1S/C20H21N3O2/c24-20(25)22-11-7-16(8-12-22)18-14-23(13-15-5-9-21-10-6-15)19-4-2-1-3-17(18)19/h1-6,9-10,14,16H,7-8,11-13H2,(H,24,25). The number of fused-ring (bicyclic) bond motifs is 1. The Morgan fingerprint density at radius 1 is 1.12 bits per heavy atom. The highest BCUT2D eigenvalue weighted by atomic mass is 16.4. The van der Waals surface area contributed by atoms with E-state index in [-0.39, 0.29) is 0 Å². The minimum atomic E-state index is -0.807. The van der Waals surface area contributed by atoms with E-state index in [1.54, 1.807) is 0 Å². The lowest BCUT2D eigenvalue weighted by Gasteiger charge is -2.29. The fraction of sp³-hybridized carbons (Fsp3) is 0.300. The molecular weight excluding hydrogens is 314 g/mol. The molecule has 0 bridgehead atoms. The van der Waals surface area contributed by atoms with E-state index in [4.69, 9.17) is 5.11 Å². The van der Waals surface area contributed by atoms with Crippen LogP contribution >= 0.6 is 0 Å². The molecule has 4 rings (SSSR count). The average molecular weight is 335 g/mol. The molecule has 0 atom stereocenters. The number of para-hydroxylation sites is 1. The van der Waals surface area contributed by atoms with Crippen LogP contribution in [0.25, 0.3) is 10.9 Å². The molecule has 1 N–H and O–H groups in total. The predicted octanol–water partition coefficient (Wildman–Crippen LogP) is 3.94. The first-order chi connectivity index (χ1) is 12.2. The SMILES string of the molecule is O=C(O)N1CCC(c2cn(Cc3ccncc3)c3ccccc23)CC1. The zero-order chi connectivity index (χ0) is 17.2. The van der Waals surface area contributed by atoms with E-state index in [9.17, 15) is 4.79 Å². The van der Waals surface area contributed by atoms with Gasteiger partial charge in [0.05, 0.1) is 0 Å². The zero-order valence-corrected chi connectivity index (χ0v) is 14.0. The van der Waals surface area contributed by atoms with Gasteiger partial charge in [-0.25, -0.2) is 4.79 Å². The van der Waals surface area contributed by atoms with E-state index in [1.807, 2.05) is 24.5 Å². The van der Waals surface area contributed by atoms with Gasteiger partial charge in [0.1, 0.15) is 0 Å². The lowest BCUT2D eigenvalue weighted by Crippen LogP contribution is -2.36. The number of pyridine rings is 1. The first-order valence-corrected chi connectivity index (χ1v) is 8.67. The van der Waals surface area contributed by atoms with Crippen LogP contribution in [0.2, 0.25) is 0 Å². The molecule has 1 saturated heterocycles. The molecule has 2 aromatic heterocycles. The quantitative estimate of drug-likeness (QED) is 0.788. The number of carboxylic acid groups (broad SMARTS) is 1. The van der Waals surface area contributed by atoms with E-state index in [2.05, 4.69) is 40.0 Å². The number of nitrogens with zero attached hydrogens (tertiary/aromatic N) is 3. The summed E-state index contributed by atoms with van der Waals surface area (Å²) in [6, 6.07) is 12.6. The molecule has 5 heteroatoms. The number of piperidine rings is 1. The number of aromatic nitrogens is 2. The maximum Gasteiger partial charge on any atom is 0.407 e. The van der Waals surface area contributed by atoms with E-state index >= 15 is 0 Å². The number of hydrogen-bond donors (Lipinski definition) is 1. The smallest absolute Gasteiger partial charge is 0.407 e. The minimum absolute atomic E-state index is 0.416. The molecule has 1 amide bonds. The van der Waals surface area contributed by atoms with Crippen LogP contribution in [0.15, 0.2) is 55.0 Å². The van der Waals surface area contributed by atoms with Crippen molar-refractivity contribution < 1.29 is 9.90 Å². The van der Waals surface area contributed by atoms with E-state index < -0.39 is 6.09 Å². The summed E-state index contributed by atoms with van der Waals surface area (Å²) in [7, 11) is 0. The van der Waals surface area contributed by atoms with Gasteiger partial charge in [-0.05, 0) is 48.1 Å². The van der Waals surface area contributed by atoms with Gasteiger partial charge in [0.25, 0.3) is 0 Å². The maximum absolute atomic E-state index is 11.1. The molecule has 0 aliphatic carbocycles. The van der Waals surface area contributed by atoms with Crippen molar-refractivity contribution in [2.75, 3.05) is 13.1 Å². The molecule has 1 aliphatic heterocycles. The highest BCUT2D eigenvalue weighted by Crippen LogP contribution is 2.34. The number of rotatable bonds is 3. The monoisotopic (exact) mass is 335 g/mol. The van der Waals surface area contributed by atoms with Gasteiger partial charge in [-0.1, -0.05) is 18.2 Å². The fourth-order valence-electron chi connectivity index (χ4n) is 3.80. The van der Waals surface area contributed by atoms with Crippen molar-refractivity contribution in [3.63, 3.8) is 0 Å². The predicted molar refractivity (Wildman–Crippen MR) is 96.8 cm³/mol. The van der Waals surface area contributed by atoms with Crippen molar-refractivity contribution in [3.05, 3.63) is 66.1 Å². The van der Waals surface area contributed by atoms with Crippen LogP contribution in [0, 0.1) is 0 Å². The summed E-state index contributed by atoms with van der Waals surface area (Å²) < 4.78 is 2.30. The number of carbonyl (C=O) groups is 1. The third-order valence-corrected chi connectivity index (χ3v) is 5.13. The number of amides is 1. The topological polar surface area (TPSA) is 58.4 Å². The minimum Gasteiger partial charge on any atom is -0.465 e. The Kier molecular flexibility index (Phi) is 4.14. The van der Waals surface area contributed by atoms with Gasteiger partial charge in [0.2, 0.25) is 0 Å². The summed E-state index contributed by atoms with van der Waals surface area (Å²) in [5, 5.41) is 10.4. The molecule has 0 radical (unpaired) electrons. The molecule has 0 spiro atoms.